The fourth-order valence-electron chi connectivity index (χ4n) is 3.05. The van der Waals surface area contributed by atoms with Crippen molar-refractivity contribution in [2.75, 3.05) is 36.4 Å². The highest BCUT2D eigenvalue weighted by molar-refractivity contribution is 7.80. The van der Waals surface area contributed by atoms with Crippen LogP contribution in [0.4, 0.5) is 24.5 Å². The van der Waals surface area contributed by atoms with Gasteiger partial charge in [-0.1, -0.05) is 0 Å². The fraction of sp³-hybridized carbons (Fsp3) is 0.263. The van der Waals surface area contributed by atoms with Gasteiger partial charge in [-0.25, -0.2) is 0 Å². The summed E-state index contributed by atoms with van der Waals surface area (Å²) in [5.41, 5.74) is 6.72. The van der Waals surface area contributed by atoms with Gasteiger partial charge < -0.3 is 20.9 Å². The van der Waals surface area contributed by atoms with Gasteiger partial charge in [-0.2, -0.15) is 13.2 Å². The molecular formula is C19H19F3N4OS. The highest BCUT2D eigenvalue weighted by Crippen LogP contribution is 2.30. The van der Waals surface area contributed by atoms with Gasteiger partial charge in [0.15, 0.2) is 5.11 Å². The maximum absolute atomic E-state index is 12.7. The first-order chi connectivity index (χ1) is 13.2. The van der Waals surface area contributed by atoms with Gasteiger partial charge >= 0.3 is 6.18 Å². The summed E-state index contributed by atoms with van der Waals surface area (Å²) in [5, 5.41) is 2.95. The van der Waals surface area contributed by atoms with E-state index in [1.165, 1.54) is 12.1 Å². The number of rotatable bonds is 3. The van der Waals surface area contributed by atoms with Crippen LogP contribution < -0.4 is 16.0 Å². The highest BCUT2D eigenvalue weighted by Gasteiger charge is 2.30. The van der Waals surface area contributed by atoms with Crippen LogP contribution in [-0.4, -0.2) is 42.1 Å². The Balaban J connectivity index is 1.58. The zero-order valence-electron chi connectivity index (χ0n) is 14.9. The zero-order valence-corrected chi connectivity index (χ0v) is 15.7. The summed E-state index contributed by atoms with van der Waals surface area (Å²) in [6.45, 7) is 2.09. The molecule has 2 aromatic rings. The Morgan fingerprint density at radius 2 is 1.54 bits per heavy atom. The first-order valence-electron chi connectivity index (χ1n) is 8.62. The van der Waals surface area contributed by atoms with Crippen LogP contribution in [0.5, 0.6) is 0 Å². The number of halogens is 3. The molecule has 1 aliphatic heterocycles. The van der Waals surface area contributed by atoms with E-state index in [2.05, 4.69) is 5.32 Å². The standard InChI is InChI=1S/C19H19F3N4OS/c20-19(21,22)14-3-7-16(8-4-14)25-9-11-26(12-10-25)17(27)13-1-5-15(6-2-13)24-18(23)28/h1-8H,9-12H2,(H3,23,24,28). The molecule has 0 aromatic heterocycles. The molecule has 0 spiro atoms. The Hall–Kier alpha value is -2.81. The topological polar surface area (TPSA) is 61.6 Å². The van der Waals surface area contributed by atoms with E-state index < -0.39 is 11.7 Å². The van der Waals surface area contributed by atoms with Gasteiger partial charge in [-0.3, -0.25) is 4.79 Å². The number of nitrogens with zero attached hydrogens (tertiary/aromatic N) is 2. The van der Waals surface area contributed by atoms with Crippen LogP contribution in [0.3, 0.4) is 0 Å². The van der Waals surface area contributed by atoms with E-state index in [9.17, 15) is 18.0 Å². The summed E-state index contributed by atoms with van der Waals surface area (Å²) in [4.78, 5) is 16.3. The first-order valence-corrected chi connectivity index (χ1v) is 9.03. The molecule has 3 N–H and O–H groups in total. The van der Waals surface area contributed by atoms with Gasteiger partial charge in [0.25, 0.3) is 5.91 Å². The Labute approximate surface area is 165 Å². The van der Waals surface area contributed by atoms with Gasteiger partial charge in [0, 0.05) is 43.1 Å². The summed E-state index contributed by atoms with van der Waals surface area (Å²) in [5.74, 6) is -0.0889. The lowest BCUT2D eigenvalue weighted by Crippen LogP contribution is -2.48. The van der Waals surface area contributed by atoms with Gasteiger partial charge in [0.05, 0.1) is 5.56 Å². The number of hydrogen-bond acceptors (Lipinski definition) is 3. The first kappa shape index (κ1) is 19.9. The molecule has 1 aliphatic rings. The molecule has 1 heterocycles. The number of thiocarbonyl (C=S) groups is 1. The molecule has 28 heavy (non-hydrogen) atoms. The monoisotopic (exact) mass is 408 g/mol. The van der Waals surface area contributed by atoms with Crippen molar-refractivity contribution in [1.29, 1.82) is 0 Å². The Morgan fingerprint density at radius 3 is 2.04 bits per heavy atom. The van der Waals surface area contributed by atoms with Crippen molar-refractivity contribution >= 4 is 34.6 Å². The summed E-state index contributed by atoms with van der Waals surface area (Å²) in [6, 6.07) is 11.9. The molecule has 0 saturated carbocycles. The maximum atomic E-state index is 12.7. The second-order valence-corrected chi connectivity index (χ2v) is 6.83. The molecule has 0 bridgehead atoms. The van der Waals surface area contributed by atoms with Crippen LogP contribution in [0.1, 0.15) is 15.9 Å². The Morgan fingerprint density at radius 1 is 0.964 bits per heavy atom. The van der Waals surface area contributed by atoms with Crippen molar-refractivity contribution in [3.05, 3.63) is 59.7 Å². The predicted molar refractivity (Wildman–Crippen MR) is 106 cm³/mol. The molecule has 1 amide bonds. The summed E-state index contributed by atoms with van der Waals surface area (Å²) >= 11 is 4.77. The van der Waals surface area contributed by atoms with Crippen LogP contribution in [0.25, 0.3) is 0 Å². The molecule has 3 rings (SSSR count). The van der Waals surface area contributed by atoms with Gasteiger partial charge in [0.1, 0.15) is 0 Å². The average molecular weight is 408 g/mol. The minimum Gasteiger partial charge on any atom is -0.376 e. The molecule has 1 saturated heterocycles. The number of nitrogens with one attached hydrogen (secondary N) is 1. The number of nitrogens with two attached hydrogens (primary N) is 1. The molecule has 0 atom stereocenters. The van der Waals surface area contributed by atoms with Gasteiger partial charge in [0.2, 0.25) is 0 Å². The van der Waals surface area contributed by atoms with Crippen molar-refractivity contribution in [2.45, 2.75) is 6.18 Å². The molecule has 2 aromatic carbocycles. The summed E-state index contributed by atoms with van der Waals surface area (Å²) < 4.78 is 38.0. The van der Waals surface area contributed by atoms with Crippen LogP contribution >= 0.6 is 12.2 Å². The minimum absolute atomic E-state index is 0.0889. The van der Waals surface area contributed by atoms with Crippen LogP contribution in [0, 0.1) is 0 Å². The number of amides is 1. The van der Waals surface area contributed by atoms with E-state index in [0.717, 1.165) is 12.1 Å². The van der Waals surface area contributed by atoms with E-state index in [4.69, 9.17) is 18.0 Å². The molecule has 9 heteroatoms. The predicted octanol–water partition coefficient (Wildman–Crippen LogP) is 3.32. The van der Waals surface area contributed by atoms with Crippen molar-refractivity contribution in [2.24, 2.45) is 5.73 Å². The van der Waals surface area contributed by atoms with Crippen molar-refractivity contribution in [3.63, 3.8) is 0 Å². The largest absolute Gasteiger partial charge is 0.416 e. The average Bonchev–Trinajstić information content (AvgIpc) is 2.67. The Bertz CT molecular complexity index is 845. The number of piperazine rings is 1. The third-order valence-corrected chi connectivity index (χ3v) is 4.63. The molecule has 0 unspecified atom stereocenters. The minimum atomic E-state index is -4.34. The van der Waals surface area contributed by atoms with E-state index in [0.29, 0.717) is 43.1 Å². The maximum Gasteiger partial charge on any atom is 0.416 e. The molecule has 1 fully saturated rings. The quantitative estimate of drug-likeness (QED) is 0.763. The number of alkyl halides is 3. The third kappa shape index (κ3) is 4.72. The van der Waals surface area contributed by atoms with Gasteiger partial charge in [-0.05, 0) is 60.7 Å². The third-order valence-electron chi connectivity index (χ3n) is 4.53. The lowest BCUT2D eigenvalue weighted by Gasteiger charge is -2.36. The lowest BCUT2D eigenvalue weighted by molar-refractivity contribution is -0.137. The van der Waals surface area contributed by atoms with E-state index in [-0.39, 0.29) is 11.0 Å². The fourth-order valence-corrected chi connectivity index (χ4v) is 3.17. The molecule has 5 nitrogen and oxygen atoms in total. The number of anilines is 2. The number of benzene rings is 2. The smallest absolute Gasteiger partial charge is 0.376 e. The zero-order chi connectivity index (χ0) is 20.3. The molecule has 148 valence electrons. The second kappa shape index (κ2) is 8.05. The van der Waals surface area contributed by atoms with Crippen molar-refractivity contribution < 1.29 is 18.0 Å². The van der Waals surface area contributed by atoms with Crippen molar-refractivity contribution in [3.8, 4) is 0 Å². The Kier molecular flexibility index (Phi) is 5.73. The van der Waals surface area contributed by atoms with Crippen LogP contribution in [0.2, 0.25) is 0 Å². The number of carbonyl (C=O) groups is 1. The van der Waals surface area contributed by atoms with Crippen LogP contribution in [0.15, 0.2) is 48.5 Å². The van der Waals surface area contributed by atoms with E-state index >= 15 is 0 Å². The molecule has 0 radical (unpaired) electrons. The van der Waals surface area contributed by atoms with Crippen molar-refractivity contribution in [1.82, 2.24) is 4.90 Å². The molecule has 0 aliphatic carbocycles. The summed E-state index contributed by atoms with van der Waals surface area (Å²) in [7, 11) is 0. The normalized spacial score (nSPS) is 14.7. The lowest BCUT2D eigenvalue weighted by atomic mass is 10.1. The van der Waals surface area contributed by atoms with Gasteiger partial charge in [-0.15, -0.1) is 0 Å². The summed E-state index contributed by atoms with van der Waals surface area (Å²) in [6.07, 6.45) is -4.34. The van der Waals surface area contributed by atoms with E-state index in [1.54, 1.807) is 29.2 Å². The second-order valence-electron chi connectivity index (χ2n) is 6.39. The number of hydrogen-bond donors (Lipinski definition) is 2. The number of carbonyl (C=O) groups excluding carboxylic acids is 1. The molecular weight excluding hydrogens is 389 g/mol. The SMILES string of the molecule is NC(=S)Nc1ccc(C(=O)N2CCN(c3ccc(C(F)(F)F)cc3)CC2)cc1. The van der Waals surface area contributed by atoms with Crippen LogP contribution in [-0.2, 0) is 6.18 Å². The van der Waals surface area contributed by atoms with E-state index in [1.807, 2.05) is 4.90 Å². The highest BCUT2D eigenvalue weighted by atomic mass is 32.1.